The van der Waals surface area contributed by atoms with Crippen LogP contribution in [0.1, 0.15) is 28.8 Å². The van der Waals surface area contributed by atoms with Crippen LogP contribution >= 0.6 is 11.6 Å². The van der Waals surface area contributed by atoms with Gasteiger partial charge in [-0.15, -0.1) is 0 Å². The van der Waals surface area contributed by atoms with Crippen molar-refractivity contribution in [3.8, 4) is 0 Å². The lowest BCUT2D eigenvalue weighted by molar-refractivity contribution is -0.126. The number of hydrogen-bond acceptors (Lipinski definition) is 3. The molecule has 0 aromatic heterocycles. The molecular formula is C23H24ClN3O2. The van der Waals surface area contributed by atoms with Crippen molar-refractivity contribution < 1.29 is 9.59 Å². The number of benzene rings is 2. The Kier molecular flexibility index (Phi) is 5.33. The van der Waals surface area contributed by atoms with Crippen molar-refractivity contribution in [3.63, 3.8) is 0 Å². The number of anilines is 1. The zero-order valence-electron chi connectivity index (χ0n) is 16.2. The summed E-state index contributed by atoms with van der Waals surface area (Å²) < 4.78 is 0. The van der Waals surface area contributed by atoms with E-state index >= 15 is 0 Å². The van der Waals surface area contributed by atoms with E-state index in [4.69, 9.17) is 11.6 Å². The van der Waals surface area contributed by atoms with E-state index in [1.165, 1.54) is 6.08 Å². The molecule has 1 saturated carbocycles. The molecule has 2 aliphatic rings. The maximum Gasteiger partial charge on any atom is 0.251 e. The molecule has 1 heterocycles. The third-order valence-corrected chi connectivity index (χ3v) is 5.98. The molecule has 0 spiro atoms. The average molecular weight is 410 g/mol. The van der Waals surface area contributed by atoms with E-state index in [-0.39, 0.29) is 17.4 Å². The van der Waals surface area contributed by atoms with Crippen molar-refractivity contribution in [1.82, 2.24) is 10.2 Å². The Morgan fingerprint density at radius 1 is 1.03 bits per heavy atom. The maximum atomic E-state index is 12.8. The second-order valence-electron chi connectivity index (χ2n) is 7.61. The van der Waals surface area contributed by atoms with Gasteiger partial charge in [-0.1, -0.05) is 30.3 Å². The Bertz CT molecular complexity index is 929. The highest BCUT2D eigenvalue weighted by Gasteiger charge is 2.45. The second-order valence-corrected chi connectivity index (χ2v) is 8.05. The number of hydrogen-bond donors (Lipinski definition) is 1. The Morgan fingerprint density at radius 2 is 1.72 bits per heavy atom. The first kappa shape index (κ1) is 19.5. The van der Waals surface area contributed by atoms with Gasteiger partial charge in [0.2, 0.25) is 5.91 Å². The summed E-state index contributed by atoms with van der Waals surface area (Å²) >= 11 is 6.11. The molecule has 1 N–H and O–H groups in total. The summed E-state index contributed by atoms with van der Waals surface area (Å²) in [5.74, 6) is -0.0965. The molecule has 0 atom stereocenters. The van der Waals surface area contributed by atoms with Crippen LogP contribution < -0.4 is 10.2 Å². The lowest BCUT2D eigenvalue weighted by atomic mass is 10.0. The predicted octanol–water partition coefficient (Wildman–Crippen LogP) is 3.59. The van der Waals surface area contributed by atoms with Crippen LogP contribution in [0.3, 0.4) is 0 Å². The highest BCUT2D eigenvalue weighted by molar-refractivity contribution is 6.30. The van der Waals surface area contributed by atoms with Gasteiger partial charge in [0.05, 0.1) is 5.54 Å². The van der Waals surface area contributed by atoms with Crippen LogP contribution in [0.15, 0.2) is 61.2 Å². The van der Waals surface area contributed by atoms with Gasteiger partial charge in [0.25, 0.3) is 5.91 Å². The van der Waals surface area contributed by atoms with Gasteiger partial charge in [0.15, 0.2) is 0 Å². The van der Waals surface area contributed by atoms with Crippen LogP contribution in [0, 0.1) is 0 Å². The van der Waals surface area contributed by atoms with E-state index in [0.29, 0.717) is 23.7 Å². The zero-order chi connectivity index (χ0) is 20.4. The fraction of sp³-hybridized carbons (Fsp3) is 0.304. The monoisotopic (exact) mass is 409 g/mol. The molecule has 4 rings (SSSR count). The van der Waals surface area contributed by atoms with Crippen LogP contribution in [0.5, 0.6) is 0 Å². The number of piperazine rings is 1. The second kappa shape index (κ2) is 7.91. The van der Waals surface area contributed by atoms with Gasteiger partial charge in [0, 0.05) is 42.5 Å². The van der Waals surface area contributed by atoms with Crippen LogP contribution in [0.2, 0.25) is 5.02 Å². The third-order valence-electron chi connectivity index (χ3n) is 5.74. The van der Waals surface area contributed by atoms with E-state index in [2.05, 4.69) is 16.8 Å². The van der Waals surface area contributed by atoms with Crippen molar-refractivity contribution in [3.05, 3.63) is 77.3 Å². The zero-order valence-corrected chi connectivity index (χ0v) is 17.0. The molecule has 0 unspecified atom stereocenters. The minimum absolute atomic E-state index is 0.0228. The largest absolute Gasteiger partial charge is 0.368 e. The first-order valence-corrected chi connectivity index (χ1v) is 10.2. The Balaban J connectivity index is 1.39. The summed E-state index contributed by atoms with van der Waals surface area (Å²) in [6.45, 7) is 6.43. The van der Waals surface area contributed by atoms with Gasteiger partial charge in [-0.3, -0.25) is 9.59 Å². The molecule has 2 fully saturated rings. The fourth-order valence-electron chi connectivity index (χ4n) is 3.82. The summed E-state index contributed by atoms with van der Waals surface area (Å²) in [5, 5.41) is 3.87. The molecule has 1 aliphatic carbocycles. The summed E-state index contributed by atoms with van der Waals surface area (Å²) in [6.07, 6.45) is 3.20. The highest BCUT2D eigenvalue weighted by Crippen LogP contribution is 2.46. The van der Waals surface area contributed by atoms with E-state index in [9.17, 15) is 9.59 Å². The van der Waals surface area contributed by atoms with Crippen molar-refractivity contribution in [1.29, 1.82) is 0 Å². The van der Waals surface area contributed by atoms with E-state index < -0.39 is 0 Å². The van der Waals surface area contributed by atoms with E-state index in [1.807, 2.05) is 48.5 Å². The summed E-state index contributed by atoms with van der Waals surface area (Å²) in [7, 11) is 0. The molecule has 2 aromatic rings. The molecule has 5 nitrogen and oxygen atoms in total. The van der Waals surface area contributed by atoms with Crippen molar-refractivity contribution in [2.24, 2.45) is 0 Å². The lowest BCUT2D eigenvalue weighted by Gasteiger charge is -2.35. The fourth-order valence-corrected chi connectivity index (χ4v) is 4.01. The molecule has 0 radical (unpaired) electrons. The highest BCUT2D eigenvalue weighted by atomic mass is 35.5. The first-order chi connectivity index (χ1) is 14.0. The van der Waals surface area contributed by atoms with Gasteiger partial charge in [0.1, 0.15) is 0 Å². The third kappa shape index (κ3) is 4.15. The predicted molar refractivity (Wildman–Crippen MR) is 115 cm³/mol. The van der Waals surface area contributed by atoms with Crippen LogP contribution in [-0.2, 0) is 10.3 Å². The number of carbonyl (C=O) groups excluding carboxylic acids is 2. The Morgan fingerprint density at radius 3 is 2.31 bits per heavy atom. The molecule has 2 amide bonds. The molecule has 29 heavy (non-hydrogen) atoms. The van der Waals surface area contributed by atoms with Crippen LogP contribution in [-0.4, -0.2) is 42.9 Å². The smallest absolute Gasteiger partial charge is 0.251 e. The first-order valence-electron chi connectivity index (χ1n) is 9.86. The van der Waals surface area contributed by atoms with Gasteiger partial charge in [-0.05, 0) is 60.9 Å². The van der Waals surface area contributed by atoms with Gasteiger partial charge in [-0.2, -0.15) is 0 Å². The molecule has 0 bridgehead atoms. The average Bonchev–Trinajstić information content (AvgIpc) is 3.54. The number of halogens is 1. The molecular weight excluding hydrogens is 386 g/mol. The molecule has 6 heteroatoms. The molecule has 1 saturated heterocycles. The summed E-state index contributed by atoms with van der Waals surface area (Å²) in [6, 6.07) is 15.4. The standard InChI is InChI=1S/C23H24ClN3O2/c1-2-21(28)27-14-12-26(13-15-27)20-8-6-17(7-9-20)22(29)25-23(10-11-23)18-4-3-5-19(24)16-18/h2-9,16H,1,10-15H2,(H,25,29). The Labute approximate surface area is 175 Å². The number of amides is 2. The van der Waals surface area contributed by atoms with Crippen LogP contribution in [0.4, 0.5) is 5.69 Å². The van der Waals surface area contributed by atoms with E-state index in [1.54, 1.807) is 4.90 Å². The van der Waals surface area contributed by atoms with Crippen molar-refractivity contribution >= 4 is 29.1 Å². The minimum Gasteiger partial charge on any atom is -0.368 e. The number of nitrogens with zero attached hydrogens (tertiary/aromatic N) is 2. The molecule has 150 valence electrons. The van der Waals surface area contributed by atoms with Crippen LogP contribution in [0.25, 0.3) is 0 Å². The topological polar surface area (TPSA) is 52.7 Å². The van der Waals surface area contributed by atoms with Crippen molar-refractivity contribution in [2.45, 2.75) is 18.4 Å². The van der Waals surface area contributed by atoms with Gasteiger partial charge < -0.3 is 15.1 Å². The van der Waals surface area contributed by atoms with E-state index in [0.717, 1.165) is 37.2 Å². The minimum atomic E-state index is -0.297. The summed E-state index contributed by atoms with van der Waals surface area (Å²) in [4.78, 5) is 28.5. The molecule has 2 aromatic carbocycles. The SMILES string of the molecule is C=CC(=O)N1CCN(c2ccc(C(=O)NC3(c4cccc(Cl)c4)CC3)cc2)CC1. The molecule has 1 aliphatic heterocycles. The quantitative estimate of drug-likeness (QED) is 0.768. The van der Waals surface area contributed by atoms with Gasteiger partial charge in [-0.25, -0.2) is 0 Å². The maximum absolute atomic E-state index is 12.8. The van der Waals surface area contributed by atoms with Crippen molar-refractivity contribution in [2.75, 3.05) is 31.1 Å². The number of rotatable bonds is 5. The lowest BCUT2D eigenvalue weighted by Crippen LogP contribution is -2.48. The normalized spacial score (nSPS) is 17.6. The number of carbonyl (C=O) groups is 2. The number of nitrogens with one attached hydrogen (secondary N) is 1. The Hall–Kier alpha value is -2.79. The van der Waals surface area contributed by atoms with Gasteiger partial charge >= 0.3 is 0 Å². The summed E-state index contributed by atoms with van der Waals surface area (Å²) in [5.41, 5.74) is 2.46.